The molecule has 0 saturated carbocycles. The average Bonchev–Trinajstić information content (AvgIpc) is 3.07. The number of rotatable bonds is 4. The third kappa shape index (κ3) is 3.27. The summed E-state index contributed by atoms with van der Waals surface area (Å²) in [6.07, 6.45) is 3.29. The lowest BCUT2D eigenvalue weighted by Gasteiger charge is -2.19. The summed E-state index contributed by atoms with van der Waals surface area (Å²) in [6.45, 7) is 4.73. The van der Waals surface area contributed by atoms with E-state index in [0.717, 1.165) is 11.4 Å². The van der Waals surface area contributed by atoms with Gasteiger partial charge in [0.25, 0.3) is 0 Å². The van der Waals surface area contributed by atoms with E-state index in [2.05, 4.69) is 17.2 Å². The number of amides is 2. The maximum Gasteiger partial charge on any atom is 0.317 e. The molecular formula is C13H19N3O3S. The van der Waals surface area contributed by atoms with Crippen LogP contribution in [0.2, 0.25) is 0 Å². The molecule has 6 nitrogen and oxygen atoms in total. The average molecular weight is 297 g/mol. The van der Waals surface area contributed by atoms with Gasteiger partial charge in [-0.1, -0.05) is 6.92 Å². The molecule has 110 valence electrons. The van der Waals surface area contributed by atoms with Gasteiger partial charge in [0.1, 0.15) is 5.01 Å². The Hall–Kier alpha value is -1.63. The molecule has 0 radical (unpaired) electrons. The number of nitrogens with zero attached hydrogens (tertiary/aromatic N) is 2. The highest BCUT2D eigenvalue weighted by Gasteiger charge is 2.31. The van der Waals surface area contributed by atoms with Crippen molar-refractivity contribution < 1.29 is 14.7 Å². The van der Waals surface area contributed by atoms with E-state index in [9.17, 15) is 9.59 Å². The molecule has 2 amide bonds. The zero-order chi connectivity index (χ0) is 14.7. The number of aliphatic carboxylic acids is 1. The first-order chi connectivity index (χ1) is 9.51. The predicted molar refractivity (Wildman–Crippen MR) is 75.8 cm³/mol. The highest BCUT2D eigenvalue weighted by Crippen LogP contribution is 2.21. The molecule has 1 aromatic heterocycles. The lowest BCUT2D eigenvalue weighted by atomic mass is 10.1. The van der Waals surface area contributed by atoms with Crippen LogP contribution in [0.15, 0.2) is 6.20 Å². The molecule has 1 aromatic rings. The second kappa shape index (κ2) is 6.21. The Balaban J connectivity index is 1.89. The van der Waals surface area contributed by atoms with Gasteiger partial charge in [0.2, 0.25) is 0 Å². The van der Waals surface area contributed by atoms with Crippen molar-refractivity contribution in [2.45, 2.75) is 32.7 Å². The van der Waals surface area contributed by atoms with E-state index in [-0.39, 0.29) is 18.6 Å². The van der Waals surface area contributed by atoms with Crippen LogP contribution < -0.4 is 5.32 Å². The molecule has 2 atom stereocenters. The van der Waals surface area contributed by atoms with E-state index in [1.54, 1.807) is 16.2 Å². The van der Waals surface area contributed by atoms with Crippen LogP contribution in [0, 0.1) is 5.92 Å². The van der Waals surface area contributed by atoms with Crippen LogP contribution >= 0.6 is 11.3 Å². The fourth-order valence-electron chi connectivity index (χ4n) is 2.17. The smallest absolute Gasteiger partial charge is 0.317 e. The first-order valence-electron chi connectivity index (χ1n) is 6.74. The minimum Gasteiger partial charge on any atom is -0.481 e. The van der Waals surface area contributed by atoms with Gasteiger partial charge in [-0.3, -0.25) is 4.79 Å². The minimum atomic E-state index is -0.833. The van der Waals surface area contributed by atoms with Crippen molar-refractivity contribution in [3.63, 3.8) is 0 Å². The van der Waals surface area contributed by atoms with E-state index in [1.165, 1.54) is 4.88 Å². The highest BCUT2D eigenvalue weighted by molar-refractivity contribution is 7.11. The molecule has 20 heavy (non-hydrogen) atoms. The van der Waals surface area contributed by atoms with Crippen LogP contribution in [0.5, 0.6) is 0 Å². The number of carboxylic acids is 1. The number of likely N-dealkylation sites (tertiary alicyclic amines) is 1. The second-order valence-electron chi connectivity index (χ2n) is 4.96. The van der Waals surface area contributed by atoms with E-state index < -0.39 is 11.9 Å². The van der Waals surface area contributed by atoms with Gasteiger partial charge < -0.3 is 15.3 Å². The first-order valence-corrected chi connectivity index (χ1v) is 7.55. The van der Waals surface area contributed by atoms with Crippen molar-refractivity contribution in [3.8, 4) is 0 Å². The Morgan fingerprint density at radius 2 is 2.40 bits per heavy atom. The first kappa shape index (κ1) is 14.8. The summed E-state index contributed by atoms with van der Waals surface area (Å²) in [6, 6.07) is -0.369. The second-order valence-corrected chi connectivity index (χ2v) is 6.11. The number of urea groups is 1. The molecule has 1 saturated heterocycles. The van der Waals surface area contributed by atoms with Gasteiger partial charge in [0, 0.05) is 24.2 Å². The Morgan fingerprint density at radius 3 is 2.95 bits per heavy atom. The summed E-state index contributed by atoms with van der Waals surface area (Å²) in [5.74, 6) is -1.27. The maximum absolute atomic E-state index is 12.1. The van der Waals surface area contributed by atoms with Crippen LogP contribution in [-0.4, -0.2) is 40.1 Å². The zero-order valence-electron chi connectivity index (χ0n) is 11.6. The van der Waals surface area contributed by atoms with Gasteiger partial charge >= 0.3 is 12.0 Å². The predicted octanol–water partition coefficient (Wildman–Crippen LogP) is 1.88. The van der Waals surface area contributed by atoms with E-state index in [4.69, 9.17) is 5.11 Å². The lowest BCUT2D eigenvalue weighted by molar-refractivity contribution is -0.141. The van der Waals surface area contributed by atoms with Gasteiger partial charge in [-0.15, -0.1) is 11.3 Å². The molecule has 2 unspecified atom stereocenters. The zero-order valence-corrected chi connectivity index (χ0v) is 12.4. The van der Waals surface area contributed by atoms with Crippen molar-refractivity contribution >= 4 is 23.3 Å². The van der Waals surface area contributed by atoms with Crippen LogP contribution in [-0.2, 0) is 11.2 Å². The van der Waals surface area contributed by atoms with E-state index in [0.29, 0.717) is 13.0 Å². The lowest BCUT2D eigenvalue weighted by Crippen LogP contribution is -2.40. The third-order valence-corrected chi connectivity index (χ3v) is 4.78. The van der Waals surface area contributed by atoms with Gasteiger partial charge in [-0.05, 0) is 19.8 Å². The number of carbonyl (C=O) groups excluding carboxylic acids is 1. The molecule has 1 aliphatic rings. The molecule has 7 heteroatoms. The number of nitrogens with one attached hydrogen (secondary N) is 1. The van der Waals surface area contributed by atoms with Crippen LogP contribution in [0.4, 0.5) is 4.79 Å². The summed E-state index contributed by atoms with van der Waals surface area (Å²) < 4.78 is 0. The Bertz CT molecular complexity index is 503. The normalized spacial score (nSPS) is 19.9. The quantitative estimate of drug-likeness (QED) is 0.889. The molecule has 0 spiro atoms. The molecule has 0 bridgehead atoms. The monoisotopic (exact) mass is 297 g/mol. The number of aryl methyl sites for hydroxylation is 1. The highest BCUT2D eigenvalue weighted by atomic mass is 32.1. The van der Waals surface area contributed by atoms with Crippen LogP contribution in [0.1, 0.15) is 36.2 Å². The van der Waals surface area contributed by atoms with Crippen molar-refractivity contribution in [1.82, 2.24) is 15.2 Å². The van der Waals surface area contributed by atoms with Crippen molar-refractivity contribution in [1.29, 1.82) is 0 Å². The molecule has 1 fully saturated rings. The summed E-state index contributed by atoms with van der Waals surface area (Å²) in [5, 5.41) is 12.7. The summed E-state index contributed by atoms with van der Waals surface area (Å²) in [7, 11) is 0. The number of hydrogen-bond acceptors (Lipinski definition) is 4. The topological polar surface area (TPSA) is 82.5 Å². The number of carbonyl (C=O) groups is 2. The van der Waals surface area contributed by atoms with Gasteiger partial charge in [0.15, 0.2) is 0 Å². The fraction of sp³-hybridized carbons (Fsp3) is 0.615. The van der Waals surface area contributed by atoms with Gasteiger partial charge in [-0.25, -0.2) is 9.78 Å². The minimum absolute atomic E-state index is 0.156. The largest absolute Gasteiger partial charge is 0.481 e. The number of thiazole rings is 1. The number of aromatic nitrogens is 1. The standard InChI is InChI=1S/C13H19N3O3S/c1-3-10-6-14-11(20-10)8(2)15-13(19)16-5-4-9(7-16)12(17)18/h6,8-9H,3-5,7H2,1-2H3,(H,15,19)(H,17,18). The van der Waals surface area contributed by atoms with Crippen LogP contribution in [0.25, 0.3) is 0 Å². The van der Waals surface area contributed by atoms with Crippen molar-refractivity contribution in [3.05, 3.63) is 16.1 Å². The number of carboxylic acid groups (broad SMARTS) is 1. The Labute approximate surface area is 121 Å². The number of hydrogen-bond donors (Lipinski definition) is 2. The van der Waals surface area contributed by atoms with E-state index in [1.807, 2.05) is 13.1 Å². The molecule has 0 aliphatic carbocycles. The maximum atomic E-state index is 12.1. The third-order valence-electron chi connectivity index (χ3n) is 3.46. The Kier molecular flexibility index (Phi) is 4.59. The summed E-state index contributed by atoms with van der Waals surface area (Å²) in [4.78, 5) is 30.0. The molecule has 2 rings (SSSR count). The molecule has 2 heterocycles. The molecule has 1 aliphatic heterocycles. The van der Waals surface area contributed by atoms with Gasteiger partial charge in [0.05, 0.1) is 12.0 Å². The fourth-order valence-corrected chi connectivity index (χ4v) is 3.03. The van der Waals surface area contributed by atoms with Crippen molar-refractivity contribution in [2.75, 3.05) is 13.1 Å². The summed E-state index contributed by atoms with van der Waals surface area (Å²) in [5.41, 5.74) is 0. The Morgan fingerprint density at radius 1 is 1.65 bits per heavy atom. The van der Waals surface area contributed by atoms with Gasteiger partial charge in [-0.2, -0.15) is 0 Å². The van der Waals surface area contributed by atoms with E-state index >= 15 is 0 Å². The SMILES string of the molecule is CCc1cnc(C(C)NC(=O)N2CCC(C(=O)O)C2)s1. The molecule has 0 aromatic carbocycles. The van der Waals surface area contributed by atoms with Crippen molar-refractivity contribution in [2.24, 2.45) is 5.92 Å². The molecular weight excluding hydrogens is 278 g/mol. The summed E-state index contributed by atoms with van der Waals surface area (Å²) >= 11 is 1.59. The molecule has 2 N–H and O–H groups in total. The van der Waals surface area contributed by atoms with Crippen LogP contribution in [0.3, 0.4) is 0 Å².